The van der Waals surface area contributed by atoms with Crippen molar-refractivity contribution in [3.63, 3.8) is 0 Å². The van der Waals surface area contributed by atoms with Crippen molar-refractivity contribution < 1.29 is 9.90 Å². The molecule has 0 atom stereocenters. The van der Waals surface area contributed by atoms with Gasteiger partial charge in [0, 0.05) is 0 Å². The standard InChI is InChI=1S/C20H34O2/c1-2-3-4-5-6-7-8-9-10-11-12-13-14-15-16-17-18-19-20(21)22/h3-4,10-11,17-18H,2,5-9,12-16,19H2,1H3,(H,21,22). The minimum Gasteiger partial charge on any atom is -0.481 e. The number of carboxylic acid groups (broad SMARTS) is 1. The van der Waals surface area contributed by atoms with Gasteiger partial charge in [-0.05, 0) is 57.8 Å². The summed E-state index contributed by atoms with van der Waals surface area (Å²) in [5.41, 5.74) is 0. The van der Waals surface area contributed by atoms with Crippen molar-refractivity contribution in [2.45, 2.75) is 84.0 Å². The Labute approximate surface area is 137 Å². The van der Waals surface area contributed by atoms with E-state index in [9.17, 15) is 4.79 Å². The summed E-state index contributed by atoms with van der Waals surface area (Å²) in [4.78, 5) is 10.3. The number of carboxylic acids is 1. The molecule has 0 aromatic heterocycles. The van der Waals surface area contributed by atoms with Crippen LogP contribution in [0.3, 0.4) is 0 Å². The zero-order valence-electron chi connectivity index (χ0n) is 14.3. The molecular formula is C20H34O2. The second-order valence-electron chi connectivity index (χ2n) is 5.70. The third-order valence-corrected chi connectivity index (χ3v) is 3.51. The summed E-state index contributed by atoms with van der Waals surface area (Å²) >= 11 is 0. The summed E-state index contributed by atoms with van der Waals surface area (Å²) in [5, 5.41) is 8.48. The van der Waals surface area contributed by atoms with Crippen molar-refractivity contribution >= 4 is 5.97 Å². The predicted octanol–water partition coefficient (Wildman–Crippen LogP) is 6.44. The largest absolute Gasteiger partial charge is 0.481 e. The Hall–Kier alpha value is -1.31. The van der Waals surface area contributed by atoms with E-state index >= 15 is 0 Å². The Morgan fingerprint density at radius 3 is 1.50 bits per heavy atom. The van der Waals surface area contributed by atoms with Crippen molar-refractivity contribution in [2.24, 2.45) is 0 Å². The number of aliphatic carboxylic acids is 1. The molecule has 0 aromatic carbocycles. The Bertz CT molecular complexity index is 327. The molecule has 22 heavy (non-hydrogen) atoms. The second-order valence-corrected chi connectivity index (χ2v) is 5.70. The van der Waals surface area contributed by atoms with Crippen LogP contribution in [0.15, 0.2) is 36.5 Å². The number of allylic oxidation sites excluding steroid dienone is 5. The van der Waals surface area contributed by atoms with Gasteiger partial charge in [-0.15, -0.1) is 0 Å². The zero-order valence-corrected chi connectivity index (χ0v) is 14.3. The lowest BCUT2D eigenvalue weighted by molar-refractivity contribution is -0.136. The van der Waals surface area contributed by atoms with E-state index in [1.165, 1.54) is 51.4 Å². The van der Waals surface area contributed by atoms with E-state index in [1.54, 1.807) is 6.08 Å². The van der Waals surface area contributed by atoms with E-state index in [1.807, 2.05) is 6.08 Å². The van der Waals surface area contributed by atoms with E-state index in [0.717, 1.165) is 19.3 Å². The topological polar surface area (TPSA) is 37.3 Å². The number of unbranched alkanes of at least 4 members (excludes halogenated alkanes) is 8. The minimum absolute atomic E-state index is 0.150. The van der Waals surface area contributed by atoms with E-state index in [-0.39, 0.29) is 6.42 Å². The fourth-order valence-corrected chi connectivity index (χ4v) is 2.22. The fourth-order valence-electron chi connectivity index (χ4n) is 2.22. The van der Waals surface area contributed by atoms with Gasteiger partial charge in [-0.2, -0.15) is 0 Å². The molecule has 0 spiro atoms. The first-order valence-electron chi connectivity index (χ1n) is 8.94. The van der Waals surface area contributed by atoms with Gasteiger partial charge in [-0.1, -0.05) is 56.2 Å². The van der Waals surface area contributed by atoms with Crippen LogP contribution in [0.2, 0.25) is 0 Å². The van der Waals surface area contributed by atoms with Crippen LogP contribution in [0.4, 0.5) is 0 Å². The number of carbonyl (C=O) groups is 1. The monoisotopic (exact) mass is 306 g/mol. The van der Waals surface area contributed by atoms with Crippen LogP contribution in [0.5, 0.6) is 0 Å². The average Bonchev–Trinajstić information content (AvgIpc) is 2.50. The molecule has 1 N–H and O–H groups in total. The van der Waals surface area contributed by atoms with E-state index in [2.05, 4.69) is 31.2 Å². The lowest BCUT2D eigenvalue weighted by Gasteiger charge is -1.97. The number of hydrogen-bond donors (Lipinski definition) is 1. The van der Waals surface area contributed by atoms with Gasteiger partial charge in [0.15, 0.2) is 0 Å². The molecule has 0 unspecified atom stereocenters. The molecule has 0 radical (unpaired) electrons. The normalized spacial score (nSPS) is 12.0. The Morgan fingerprint density at radius 2 is 1.09 bits per heavy atom. The maximum Gasteiger partial charge on any atom is 0.307 e. The molecule has 0 aliphatic rings. The third kappa shape index (κ3) is 18.7. The molecular weight excluding hydrogens is 272 g/mol. The molecule has 0 amide bonds. The second kappa shape index (κ2) is 17.7. The van der Waals surface area contributed by atoms with Crippen LogP contribution >= 0.6 is 0 Å². The molecule has 0 bridgehead atoms. The van der Waals surface area contributed by atoms with Crippen molar-refractivity contribution in [3.8, 4) is 0 Å². The van der Waals surface area contributed by atoms with Gasteiger partial charge in [0.1, 0.15) is 0 Å². The molecule has 0 aromatic rings. The summed E-state index contributed by atoms with van der Waals surface area (Å²) in [6, 6.07) is 0. The Morgan fingerprint density at radius 1 is 0.682 bits per heavy atom. The molecule has 0 rings (SSSR count). The minimum atomic E-state index is -0.751. The van der Waals surface area contributed by atoms with Crippen LogP contribution in [0.25, 0.3) is 0 Å². The highest BCUT2D eigenvalue weighted by molar-refractivity contribution is 5.68. The van der Waals surface area contributed by atoms with E-state index < -0.39 is 5.97 Å². The van der Waals surface area contributed by atoms with Crippen LogP contribution in [-0.4, -0.2) is 11.1 Å². The lowest BCUT2D eigenvalue weighted by atomic mass is 10.1. The van der Waals surface area contributed by atoms with Gasteiger partial charge in [0.25, 0.3) is 0 Å². The molecule has 0 fully saturated rings. The van der Waals surface area contributed by atoms with Gasteiger partial charge < -0.3 is 5.11 Å². The van der Waals surface area contributed by atoms with Crippen molar-refractivity contribution in [1.29, 1.82) is 0 Å². The van der Waals surface area contributed by atoms with Gasteiger partial charge in [0.05, 0.1) is 6.42 Å². The first kappa shape index (κ1) is 20.7. The highest BCUT2D eigenvalue weighted by Gasteiger charge is 1.90. The van der Waals surface area contributed by atoms with E-state index in [0.29, 0.717) is 0 Å². The highest BCUT2D eigenvalue weighted by atomic mass is 16.4. The summed E-state index contributed by atoms with van der Waals surface area (Å²) < 4.78 is 0. The molecule has 2 heteroatoms. The van der Waals surface area contributed by atoms with Crippen molar-refractivity contribution in [2.75, 3.05) is 0 Å². The van der Waals surface area contributed by atoms with Crippen molar-refractivity contribution in [3.05, 3.63) is 36.5 Å². The first-order chi connectivity index (χ1) is 10.8. The maximum absolute atomic E-state index is 10.3. The van der Waals surface area contributed by atoms with Gasteiger partial charge in [-0.25, -0.2) is 0 Å². The first-order valence-corrected chi connectivity index (χ1v) is 8.94. The number of rotatable bonds is 15. The van der Waals surface area contributed by atoms with E-state index in [4.69, 9.17) is 5.11 Å². The van der Waals surface area contributed by atoms with Crippen LogP contribution < -0.4 is 0 Å². The van der Waals surface area contributed by atoms with Crippen LogP contribution in [-0.2, 0) is 4.79 Å². The lowest BCUT2D eigenvalue weighted by Crippen LogP contribution is -1.89. The fraction of sp³-hybridized carbons (Fsp3) is 0.650. The van der Waals surface area contributed by atoms with Crippen LogP contribution in [0, 0.1) is 0 Å². The molecule has 126 valence electrons. The smallest absolute Gasteiger partial charge is 0.307 e. The molecule has 0 aliphatic heterocycles. The predicted molar refractivity (Wildman–Crippen MR) is 96.1 cm³/mol. The maximum atomic E-state index is 10.3. The van der Waals surface area contributed by atoms with Gasteiger partial charge in [0.2, 0.25) is 0 Å². The molecule has 0 saturated heterocycles. The molecule has 0 heterocycles. The molecule has 0 saturated carbocycles. The average molecular weight is 306 g/mol. The quantitative estimate of drug-likeness (QED) is 0.279. The summed E-state index contributed by atoms with van der Waals surface area (Å²) in [5.74, 6) is -0.751. The zero-order chi connectivity index (χ0) is 16.3. The SMILES string of the molecule is CCC=CCCCCCC=CCCCCCC=CCC(=O)O. The molecule has 0 aliphatic carbocycles. The summed E-state index contributed by atoms with van der Waals surface area (Å²) in [7, 11) is 0. The Kier molecular flexibility index (Phi) is 16.7. The highest BCUT2D eigenvalue weighted by Crippen LogP contribution is 2.07. The molecule has 2 nitrogen and oxygen atoms in total. The number of hydrogen-bond acceptors (Lipinski definition) is 1. The Balaban J connectivity index is 3.19. The van der Waals surface area contributed by atoms with Crippen LogP contribution in [0.1, 0.15) is 84.0 Å². The van der Waals surface area contributed by atoms with Crippen molar-refractivity contribution in [1.82, 2.24) is 0 Å². The van der Waals surface area contributed by atoms with Gasteiger partial charge >= 0.3 is 5.97 Å². The third-order valence-electron chi connectivity index (χ3n) is 3.51. The van der Waals surface area contributed by atoms with Gasteiger partial charge in [-0.3, -0.25) is 4.79 Å². The summed E-state index contributed by atoms with van der Waals surface area (Å²) in [6.45, 7) is 2.18. The summed E-state index contributed by atoms with van der Waals surface area (Å²) in [6.07, 6.45) is 26.5.